The number of hydrogen-bond acceptors (Lipinski definition) is 4. The molecule has 4 nitrogen and oxygen atoms in total. The predicted octanol–water partition coefficient (Wildman–Crippen LogP) is 3.65. The Kier molecular flexibility index (Phi) is 3.23. The van der Waals surface area contributed by atoms with Gasteiger partial charge in [0.25, 0.3) is 0 Å². The molecule has 1 aliphatic carbocycles. The van der Waals surface area contributed by atoms with Gasteiger partial charge >= 0.3 is 0 Å². The first kappa shape index (κ1) is 13.9. The highest BCUT2D eigenvalue weighted by molar-refractivity contribution is 5.53. The Hall–Kier alpha value is -2.46. The van der Waals surface area contributed by atoms with Gasteiger partial charge < -0.3 is 9.73 Å². The van der Waals surface area contributed by atoms with Crippen LogP contribution in [0, 0.1) is 0 Å². The van der Waals surface area contributed by atoms with Crippen LogP contribution in [-0.2, 0) is 12.8 Å². The summed E-state index contributed by atoms with van der Waals surface area (Å²) in [7, 11) is 0. The van der Waals surface area contributed by atoms with E-state index in [0.717, 1.165) is 48.7 Å². The zero-order chi connectivity index (χ0) is 15.9. The zero-order valence-electron chi connectivity index (χ0n) is 13.4. The third kappa shape index (κ3) is 2.43. The maximum absolute atomic E-state index is 6.02. The number of aryl methyl sites for hydroxylation is 1. The standard InChI is InChI=1S/C20H19N3O/c1-2-5-13(6-3-1)20-23-16-11-14(8-9-18(16)24-20)19-15(17-12-22-17)7-4-10-21-19/h1-7,10,14,17,22H,8-9,11-12H2/t14?,17-/m1/s1. The van der Waals surface area contributed by atoms with Gasteiger partial charge in [-0.05, 0) is 30.2 Å². The molecule has 1 fully saturated rings. The molecule has 4 heteroatoms. The summed E-state index contributed by atoms with van der Waals surface area (Å²) in [6.07, 6.45) is 4.85. The molecule has 5 rings (SSSR count). The Bertz CT molecular complexity index is 868. The second-order valence-corrected chi connectivity index (χ2v) is 6.63. The highest BCUT2D eigenvalue weighted by Crippen LogP contribution is 2.37. The lowest BCUT2D eigenvalue weighted by atomic mass is 9.85. The minimum Gasteiger partial charge on any atom is -0.441 e. The van der Waals surface area contributed by atoms with Gasteiger partial charge in [0.1, 0.15) is 5.76 Å². The molecule has 24 heavy (non-hydrogen) atoms. The van der Waals surface area contributed by atoms with Crippen LogP contribution in [0.1, 0.15) is 41.1 Å². The summed E-state index contributed by atoms with van der Waals surface area (Å²) in [5.74, 6) is 2.23. The maximum Gasteiger partial charge on any atom is 0.226 e. The Balaban J connectivity index is 1.46. The lowest BCUT2D eigenvalue weighted by molar-refractivity contribution is 0.460. The smallest absolute Gasteiger partial charge is 0.226 e. The number of pyridine rings is 1. The van der Waals surface area contributed by atoms with E-state index in [4.69, 9.17) is 14.4 Å². The highest BCUT2D eigenvalue weighted by atomic mass is 16.4. The summed E-state index contributed by atoms with van der Waals surface area (Å²) >= 11 is 0. The van der Waals surface area contributed by atoms with E-state index >= 15 is 0 Å². The normalized spacial score (nSPS) is 22.2. The first-order valence-electron chi connectivity index (χ1n) is 8.60. The Morgan fingerprint density at radius 2 is 1.96 bits per heavy atom. The molecule has 2 atom stereocenters. The predicted molar refractivity (Wildman–Crippen MR) is 91.7 cm³/mol. The second-order valence-electron chi connectivity index (χ2n) is 6.63. The molecule has 120 valence electrons. The Morgan fingerprint density at radius 1 is 1.08 bits per heavy atom. The van der Waals surface area contributed by atoms with E-state index < -0.39 is 0 Å². The molecule has 3 aromatic rings. The first-order valence-corrected chi connectivity index (χ1v) is 8.60. The lowest BCUT2D eigenvalue weighted by Crippen LogP contribution is -2.15. The number of fused-ring (bicyclic) bond motifs is 1. The van der Waals surface area contributed by atoms with Crippen molar-refractivity contribution in [3.05, 3.63) is 71.4 Å². The molecule has 2 aliphatic rings. The van der Waals surface area contributed by atoms with Gasteiger partial charge in [0.15, 0.2) is 0 Å². The SMILES string of the molecule is c1ccc(-c2nc3c(o2)CCC(c2ncccc2[C@H]2CN2)C3)cc1. The van der Waals surface area contributed by atoms with Gasteiger partial charge in [0.05, 0.1) is 5.69 Å². The topological polar surface area (TPSA) is 60.9 Å². The Morgan fingerprint density at radius 3 is 2.79 bits per heavy atom. The molecule has 0 bridgehead atoms. The van der Waals surface area contributed by atoms with E-state index in [1.807, 2.05) is 42.6 Å². The zero-order valence-corrected chi connectivity index (χ0v) is 13.4. The van der Waals surface area contributed by atoms with E-state index in [9.17, 15) is 0 Å². The minimum atomic E-state index is 0.435. The molecule has 1 aliphatic heterocycles. The molecule has 0 radical (unpaired) electrons. The summed E-state index contributed by atoms with van der Waals surface area (Å²) in [5, 5.41) is 3.40. The third-order valence-electron chi connectivity index (χ3n) is 5.00. The van der Waals surface area contributed by atoms with Crippen LogP contribution >= 0.6 is 0 Å². The highest BCUT2D eigenvalue weighted by Gasteiger charge is 2.32. The van der Waals surface area contributed by atoms with Crippen molar-refractivity contribution >= 4 is 0 Å². The van der Waals surface area contributed by atoms with Gasteiger partial charge in [-0.3, -0.25) is 4.98 Å². The van der Waals surface area contributed by atoms with Crippen LogP contribution in [0.4, 0.5) is 0 Å². The number of oxazole rings is 1. The van der Waals surface area contributed by atoms with Crippen molar-refractivity contribution in [1.29, 1.82) is 0 Å². The fourth-order valence-corrected chi connectivity index (χ4v) is 3.66. The number of hydrogen-bond donors (Lipinski definition) is 1. The third-order valence-corrected chi connectivity index (χ3v) is 5.00. The quantitative estimate of drug-likeness (QED) is 0.749. The number of nitrogens with zero attached hydrogens (tertiary/aromatic N) is 2. The van der Waals surface area contributed by atoms with Crippen LogP contribution in [0.2, 0.25) is 0 Å². The molecule has 0 spiro atoms. The van der Waals surface area contributed by atoms with Crippen molar-refractivity contribution in [2.45, 2.75) is 31.2 Å². The number of rotatable bonds is 3. The van der Waals surface area contributed by atoms with E-state index in [-0.39, 0.29) is 0 Å². The molecule has 3 heterocycles. The van der Waals surface area contributed by atoms with Crippen molar-refractivity contribution in [1.82, 2.24) is 15.3 Å². The van der Waals surface area contributed by atoms with Crippen molar-refractivity contribution in [3.63, 3.8) is 0 Å². The van der Waals surface area contributed by atoms with Crippen LogP contribution in [0.15, 0.2) is 53.1 Å². The first-order chi connectivity index (χ1) is 11.9. The van der Waals surface area contributed by atoms with Crippen molar-refractivity contribution in [2.75, 3.05) is 6.54 Å². The average Bonchev–Trinajstić information content (AvgIpc) is 3.40. The van der Waals surface area contributed by atoms with E-state index in [2.05, 4.69) is 11.4 Å². The van der Waals surface area contributed by atoms with Gasteiger partial charge in [0, 0.05) is 48.8 Å². The fourth-order valence-electron chi connectivity index (χ4n) is 3.66. The molecular formula is C20H19N3O. The molecule has 1 N–H and O–H groups in total. The van der Waals surface area contributed by atoms with Crippen LogP contribution < -0.4 is 5.32 Å². The summed E-state index contributed by atoms with van der Waals surface area (Å²) in [5.41, 5.74) is 4.75. The van der Waals surface area contributed by atoms with Crippen LogP contribution in [0.3, 0.4) is 0 Å². The molecule has 0 amide bonds. The molecule has 1 saturated heterocycles. The number of aromatic nitrogens is 2. The van der Waals surface area contributed by atoms with Crippen LogP contribution in [0.5, 0.6) is 0 Å². The number of nitrogens with one attached hydrogen (secondary N) is 1. The Labute approximate surface area is 141 Å². The van der Waals surface area contributed by atoms with E-state index in [1.54, 1.807) is 0 Å². The van der Waals surface area contributed by atoms with Gasteiger partial charge in [0.2, 0.25) is 5.89 Å². The second kappa shape index (κ2) is 5.56. The van der Waals surface area contributed by atoms with E-state index in [1.165, 1.54) is 11.3 Å². The molecular weight excluding hydrogens is 298 g/mol. The van der Waals surface area contributed by atoms with Gasteiger partial charge in [-0.2, -0.15) is 0 Å². The van der Waals surface area contributed by atoms with E-state index in [0.29, 0.717) is 12.0 Å². The van der Waals surface area contributed by atoms with Crippen LogP contribution in [-0.4, -0.2) is 16.5 Å². The average molecular weight is 317 g/mol. The molecule has 0 saturated carbocycles. The van der Waals surface area contributed by atoms with Gasteiger partial charge in [-0.1, -0.05) is 24.3 Å². The monoisotopic (exact) mass is 317 g/mol. The molecule has 1 aromatic carbocycles. The lowest BCUT2D eigenvalue weighted by Gasteiger charge is -2.21. The minimum absolute atomic E-state index is 0.435. The van der Waals surface area contributed by atoms with Crippen LogP contribution in [0.25, 0.3) is 11.5 Å². The summed E-state index contributed by atoms with van der Waals surface area (Å²) in [6.45, 7) is 1.07. The fraction of sp³-hybridized carbons (Fsp3) is 0.300. The van der Waals surface area contributed by atoms with Gasteiger partial charge in [-0.15, -0.1) is 0 Å². The molecule has 1 unspecified atom stereocenters. The summed E-state index contributed by atoms with van der Waals surface area (Å²) in [4.78, 5) is 9.48. The summed E-state index contributed by atoms with van der Waals surface area (Å²) in [6, 6.07) is 14.9. The largest absolute Gasteiger partial charge is 0.441 e. The maximum atomic E-state index is 6.02. The van der Waals surface area contributed by atoms with Gasteiger partial charge in [-0.25, -0.2) is 4.98 Å². The molecule has 2 aromatic heterocycles. The van der Waals surface area contributed by atoms with Crippen molar-refractivity contribution in [2.24, 2.45) is 0 Å². The van der Waals surface area contributed by atoms with Crippen molar-refractivity contribution < 1.29 is 4.42 Å². The number of benzene rings is 1. The summed E-state index contributed by atoms with van der Waals surface area (Å²) < 4.78 is 6.02. The van der Waals surface area contributed by atoms with Crippen molar-refractivity contribution in [3.8, 4) is 11.5 Å².